The van der Waals surface area contributed by atoms with E-state index in [1.54, 1.807) is 6.08 Å². The highest BCUT2D eigenvalue weighted by molar-refractivity contribution is 5.84. The van der Waals surface area contributed by atoms with E-state index in [0.717, 1.165) is 16.7 Å². The molecule has 1 unspecified atom stereocenters. The van der Waals surface area contributed by atoms with Gasteiger partial charge in [0.05, 0.1) is 6.10 Å². The summed E-state index contributed by atoms with van der Waals surface area (Å²) in [4.78, 5) is 0. The summed E-state index contributed by atoms with van der Waals surface area (Å²) in [6.45, 7) is 5.73. The standard InChI is InChI=1S/C18H18O/c1-3-18(19)17(16-7-5-4-6-8-16)13-15-11-9-14(2)10-12-15/h3-13,18-19H,1H2,2H3/b17-13-. The molecule has 19 heavy (non-hydrogen) atoms. The molecule has 0 bridgehead atoms. The quantitative estimate of drug-likeness (QED) is 0.640. The molecule has 0 aliphatic rings. The van der Waals surface area contributed by atoms with E-state index in [1.165, 1.54) is 5.56 Å². The molecule has 2 aromatic carbocycles. The van der Waals surface area contributed by atoms with Crippen LogP contribution in [0.15, 0.2) is 67.3 Å². The SMILES string of the molecule is C=CC(O)/C(=C\c1ccc(C)cc1)c1ccccc1. The number of hydrogen-bond acceptors (Lipinski definition) is 1. The lowest BCUT2D eigenvalue weighted by Gasteiger charge is -2.12. The number of aliphatic hydroxyl groups excluding tert-OH is 1. The highest BCUT2D eigenvalue weighted by atomic mass is 16.3. The molecule has 0 spiro atoms. The average Bonchev–Trinajstić information content (AvgIpc) is 2.47. The van der Waals surface area contributed by atoms with E-state index in [2.05, 4.69) is 25.6 Å². The van der Waals surface area contributed by atoms with E-state index in [0.29, 0.717) is 0 Å². The molecule has 0 amide bonds. The van der Waals surface area contributed by atoms with Gasteiger partial charge in [0.15, 0.2) is 0 Å². The summed E-state index contributed by atoms with van der Waals surface area (Å²) in [5, 5.41) is 10.1. The summed E-state index contributed by atoms with van der Waals surface area (Å²) in [6.07, 6.45) is 2.89. The summed E-state index contributed by atoms with van der Waals surface area (Å²) in [5.41, 5.74) is 4.17. The van der Waals surface area contributed by atoms with Crippen LogP contribution in [-0.4, -0.2) is 11.2 Å². The second-order valence-electron chi connectivity index (χ2n) is 4.56. The van der Waals surface area contributed by atoms with Gasteiger partial charge in [0.25, 0.3) is 0 Å². The van der Waals surface area contributed by atoms with Crippen LogP contribution in [0.2, 0.25) is 0 Å². The van der Waals surface area contributed by atoms with Gasteiger partial charge in [0.2, 0.25) is 0 Å². The number of aliphatic hydroxyl groups is 1. The molecule has 0 aromatic heterocycles. The van der Waals surface area contributed by atoms with Gasteiger partial charge in [-0.2, -0.15) is 0 Å². The number of rotatable bonds is 4. The molecule has 1 atom stereocenters. The zero-order valence-corrected chi connectivity index (χ0v) is 11.1. The minimum Gasteiger partial charge on any atom is -0.384 e. The molecule has 0 fully saturated rings. The lowest BCUT2D eigenvalue weighted by atomic mass is 9.97. The maximum absolute atomic E-state index is 10.1. The zero-order valence-electron chi connectivity index (χ0n) is 11.1. The van der Waals surface area contributed by atoms with Gasteiger partial charge >= 0.3 is 0 Å². The Morgan fingerprint density at radius 2 is 1.68 bits per heavy atom. The fourth-order valence-electron chi connectivity index (χ4n) is 1.94. The van der Waals surface area contributed by atoms with Crippen LogP contribution < -0.4 is 0 Å². The molecule has 0 saturated heterocycles. The van der Waals surface area contributed by atoms with Gasteiger partial charge in [-0.3, -0.25) is 0 Å². The Balaban J connectivity index is 2.43. The lowest BCUT2D eigenvalue weighted by molar-refractivity contribution is 0.281. The van der Waals surface area contributed by atoms with Crippen LogP contribution in [-0.2, 0) is 0 Å². The van der Waals surface area contributed by atoms with Gasteiger partial charge in [0, 0.05) is 0 Å². The van der Waals surface area contributed by atoms with Crippen molar-refractivity contribution in [3.05, 3.63) is 83.9 Å². The molecule has 0 aliphatic heterocycles. The van der Waals surface area contributed by atoms with Crippen LogP contribution in [0.5, 0.6) is 0 Å². The monoisotopic (exact) mass is 250 g/mol. The van der Waals surface area contributed by atoms with Crippen LogP contribution in [0.1, 0.15) is 16.7 Å². The van der Waals surface area contributed by atoms with E-state index < -0.39 is 6.10 Å². The van der Waals surface area contributed by atoms with Crippen LogP contribution in [0.4, 0.5) is 0 Å². The van der Waals surface area contributed by atoms with Crippen molar-refractivity contribution in [1.82, 2.24) is 0 Å². The van der Waals surface area contributed by atoms with E-state index >= 15 is 0 Å². The highest BCUT2D eigenvalue weighted by Crippen LogP contribution is 2.22. The molecule has 0 heterocycles. The minimum absolute atomic E-state index is 0.663. The van der Waals surface area contributed by atoms with Gasteiger partial charge in [-0.15, -0.1) is 6.58 Å². The first kappa shape index (κ1) is 13.3. The van der Waals surface area contributed by atoms with Crippen LogP contribution in [0, 0.1) is 6.92 Å². The fourth-order valence-corrected chi connectivity index (χ4v) is 1.94. The number of aryl methyl sites for hydroxylation is 1. The maximum Gasteiger partial charge on any atom is 0.0975 e. The Hall–Kier alpha value is -2.12. The molecular formula is C18H18O. The van der Waals surface area contributed by atoms with E-state index in [-0.39, 0.29) is 0 Å². The van der Waals surface area contributed by atoms with Crippen LogP contribution in [0.3, 0.4) is 0 Å². The third-order valence-electron chi connectivity index (χ3n) is 3.05. The molecule has 2 aromatic rings. The Labute approximate surface area is 114 Å². The van der Waals surface area contributed by atoms with E-state index in [4.69, 9.17) is 0 Å². The fraction of sp³-hybridized carbons (Fsp3) is 0.111. The Bertz CT molecular complexity index is 564. The van der Waals surface area contributed by atoms with Crippen molar-refractivity contribution < 1.29 is 5.11 Å². The van der Waals surface area contributed by atoms with E-state index in [1.807, 2.05) is 48.5 Å². The first-order chi connectivity index (χ1) is 9.20. The second kappa shape index (κ2) is 6.17. The zero-order chi connectivity index (χ0) is 13.7. The van der Waals surface area contributed by atoms with Crippen molar-refractivity contribution in [1.29, 1.82) is 0 Å². The highest BCUT2D eigenvalue weighted by Gasteiger charge is 2.09. The molecule has 1 heteroatoms. The Morgan fingerprint density at radius 1 is 1.05 bits per heavy atom. The van der Waals surface area contributed by atoms with Crippen molar-refractivity contribution in [3.63, 3.8) is 0 Å². The maximum atomic E-state index is 10.1. The topological polar surface area (TPSA) is 20.2 Å². The van der Waals surface area contributed by atoms with Gasteiger partial charge in [-0.1, -0.05) is 66.2 Å². The molecular weight excluding hydrogens is 232 g/mol. The van der Waals surface area contributed by atoms with Crippen LogP contribution >= 0.6 is 0 Å². The Morgan fingerprint density at radius 3 is 2.26 bits per heavy atom. The lowest BCUT2D eigenvalue weighted by Crippen LogP contribution is -2.05. The van der Waals surface area contributed by atoms with Gasteiger partial charge in [-0.05, 0) is 29.7 Å². The van der Waals surface area contributed by atoms with Crippen molar-refractivity contribution >= 4 is 11.6 Å². The normalized spacial score (nSPS) is 13.1. The van der Waals surface area contributed by atoms with Gasteiger partial charge < -0.3 is 5.11 Å². The predicted molar refractivity (Wildman–Crippen MR) is 81.7 cm³/mol. The summed E-state index contributed by atoms with van der Waals surface area (Å²) in [6, 6.07) is 18.1. The smallest absolute Gasteiger partial charge is 0.0975 e. The molecule has 96 valence electrons. The van der Waals surface area contributed by atoms with Gasteiger partial charge in [-0.25, -0.2) is 0 Å². The number of benzene rings is 2. The van der Waals surface area contributed by atoms with Crippen LogP contribution in [0.25, 0.3) is 11.6 Å². The van der Waals surface area contributed by atoms with Crippen molar-refractivity contribution in [2.45, 2.75) is 13.0 Å². The average molecular weight is 250 g/mol. The summed E-state index contributed by atoms with van der Waals surface area (Å²) in [5.74, 6) is 0. The third kappa shape index (κ3) is 3.43. The largest absolute Gasteiger partial charge is 0.384 e. The summed E-state index contributed by atoms with van der Waals surface area (Å²) >= 11 is 0. The molecule has 2 rings (SSSR count). The molecule has 0 radical (unpaired) electrons. The van der Waals surface area contributed by atoms with Crippen molar-refractivity contribution in [3.8, 4) is 0 Å². The molecule has 0 saturated carbocycles. The Kier molecular flexibility index (Phi) is 4.32. The first-order valence-corrected chi connectivity index (χ1v) is 6.35. The van der Waals surface area contributed by atoms with E-state index in [9.17, 15) is 5.11 Å². The molecule has 0 aliphatic carbocycles. The second-order valence-corrected chi connectivity index (χ2v) is 4.56. The number of hydrogen-bond donors (Lipinski definition) is 1. The van der Waals surface area contributed by atoms with Crippen molar-refractivity contribution in [2.24, 2.45) is 0 Å². The molecule has 1 nitrogen and oxygen atoms in total. The minimum atomic E-state index is -0.663. The van der Waals surface area contributed by atoms with Crippen molar-refractivity contribution in [2.75, 3.05) is 0 Å². The summed E-state index contributed by atoms with van der Waals surface area (Å²) in [7, 11) is 0. The third-order valence-corrected chi connectivity index (χ3v) is 3.05. The van der Waals surface area contributed by atoms with Gasteiger partial charge in [0.1, 0.15) is 0 Å². The first-order valence-electron chi connectivity index (χ1n) is 6.35. The predicted octanol–water partition coefficient (Wildman–Crippen LogP) is 4.08. The summed E-state index contributed by atoms with van der Waals surface area (Å²) < 4.78 is 0. The molecule has 1 N–H and O–H groups in total.